The number of rotatable bonds is 1. The summed E-state index contributed by atoms with van der Waals surface area (Å²) in [5.41, 5.74) is 1.99. The van der Waals surface area contributed by atoms with Gasteiger partial charge in [0.25, 0.3) is 10.0 Å². The Morgan fingerprint density at radius 1 is 0.870 bits per heavy atom. The normalized spacial score (nSPS) is 17.1. The van der Waals surface area contributed by atoms with Crippen molar-refractivity contribution in [1.82, 2.24) is 0 Å². The predicted octanol–water partition coefficient (Wildman–Crippen LogP) is 3.80. The minimum atomic E-state index is -3.57. The first-order valence-corrected chi connectivity index (χ1v) is 8.59. The molecule has 0 spiro atoms. The van der Waals surface area contributed by atoms with E-state index in [9.17, 15) is 13.5 Å². The van der Waals surface area contributed by atoms with Crippen molar-refractivity contribution in [1.29, 1.82) is 0 Å². The quantitative estimate of drug-likeness (QED) is 0.716. The van der Waals surface area contributed by atoms with Gasteiger partial charge in [-0.15, -0.1) is 0 Å². The highest BCUT2D eigenvalue weighted by Crippen LogP contribution is 2.39. The molecule has 114 valence electrons. The van der Waals surface area contributed by atoms with Crippen molar-refractivity contribution in [3.05, 3.63) is 71.8 Å². The highest BCUT2D eigenvalue weighted by molar-refractivity contribution is 8.02. The Bertz CT molecular complexity index is 1070. The smallest absolute Gasteiger partial charge is 0.262 e. The number of aromatic hydroxyl groups is 1. The van der Waals surface area contributed by atoms with Gasteiger partial charge in [-0.25, -0.2) is 8.42 Å². The molecule has 1 heterocycles. The van der Waals surface area contributed by atoms with Crippen LogP contribution >= 0.6 is 0 Å². The van der Waals surface area contributed by atoms with Gasteiger partial charge < -0.3 is 5.11 Å². The highest BCUT2D eigenvalue weighted by Gasteiger charge is 2.29. The van der Waals surface area contributed by atoms with Crippen molar-refractivity contribution in [2.24, 2.45) is 0 Å². The van der Waals surface area contributed by atoms with Crippen LogP contribution in [0.25, 0.3) is 21.8 Å². The predicted molar refractivity (Wildman–Crippen MR) is 92.5 cm³/mol. The van der Waals surface area contributed by atoms with Gasteiger partial charge in [-0.2, -0.15) is 0 Å². The van der Waals surface area contributed by atoms with Gasteiger partial charge >= 0.3 is 0 Å². The molecule has 5 heteroatoms. The lowest BCUT2D eigenvalue weighted by atomic mass is 10.0. The van der Waals surface area contributed by atoms with Crippen LogP contribution in [-0.2, 0) is 10.0 Å². The summed E-state index contributed by atoms with van der Waals surface area (Å²) in [4.78, 5) is 0.240. The van der Waals surface area contributed by atoms with E-state index in [1.165, 1.54) is 0 Å². The number of phenols is 1. The van der Waals surface area contributed by atoms with E-state index in [4.69, 9.17) is 0 Å². The third kappa shape index (κ3) is 2.17. The van der Waals surface area contributed by atoms with E-state index in [1.807, 2.05) is 30.3 Å². The molecule has 0 saturated heterocycles. The fraction of sp³-hybridized carbons (Fsp3) is 0. The molecule has 0 fully saturated rings. The number of hydrogen-bond acceptors (Lipinski definition) is 3. The van der Waals surface area contributed by atoms with E-state index in [2.05, 4.69) is 4.72 Å². The lowest BCUT2D eigenvalue weighted by Gasteiger charge is -2.06. The van der Waals surface area contributed by atoms with Crippen LogP contribution in [-0.4, -0.2) is 13.5 Å². The first-order valence-electron chi connectivity index (χ1n) is 7.11. The molecule has 0 unspecified atom stereocenters. The van der Waals surface area contributed by atoms with E-state index >= 15 is 0 Å². The zero-order valence-corrected chi connectivity index (χ0v) is 12.8. The first kappa shape index (κ1) is 13.8. The third-order valence-corrected chi connectivity index (χ3v) is 5.35. The molecule has 0 saturated carbocycles. The van der Waals surface area contributed by atoms with Crippen LogP contribution < -0.4 is 4.72 Å². The number of para-hydroxylation sites is 1. The van der Waals surface area contributed by atoms with Crippen LogP contribution in [0.5, 0.6) is 5.75 Å². The number of sulfonamides is 1. The van der Waals surface area contributed by atoms with Crippen molar-refractivity contribution in [2.45, 2.75) is 0 Å². The lowest BCUT2D eigenvalue weighted by molar-refractivity contribution is 0.481. The van der Waals surface area contributed by atoms with E-state index < -0.39 is 10.0 Å². The number of benzene rings is 3. The number of phenolic OH excluding ortho intramolecular Hbond substituents is 1. The Balaban J connectivity index is 2.00. The van der Waals surface area contributed by atoms with Crippen LogP contribution in [0, 0.1) is 0 Å². The molecule has 4 rings (SSSR count). The van der Waals surface area contributed by atoms with E-state index in [1.54, 1.807) is 36.4 Å². The number of fused-ring (bicyclic) bond motifs is 2. The topological polar surface area (TPSA) is 66.4 Å². The van der Waals surface area contributed by atoms with Gasteiger partial charge in [0.2, 0.25) is 0 Å². The summed E-state index contributed by atoms with van der Waals surface area (Å²) in [5, 5.41) is 11.5. The van der Waals surface area contributed by atoms with Crippen LogP contribution in [0.4, 0.5) is 5.69 Å². The summed E-state index contributed by atoms with van der Waals surface area (Å²) in [6.07, 6.45) is 1.65. The Kier molecular flexibility index (Phi) is 2.92. The van der Waals surface area contributed by atoms with Gasteiger partial charge in [0.05, 0.1) is 10.6 Å². The molecule has 0 aromatic heterocycles. The standard InChI is InChI=1S/C18H13NO3S/c20-17-10-9-12(13-5-1-2-6-14(13)17)11-18-15-7-3-4-8-16(15)19-23(18,21)22/h1-11,19-20H. The summed E-state index contributed by atoms with van der Waals surface area (Å²) in [6.45, 7) is 0. The largest absolute Gasteiger partial charge is 0.507 e. The molecular weight excluding hydrogens is 310 g/mol. The Labute approximate surface area is 133 Å². The van der Waals surface area contributed by atoms with Crippen molar-refractivity contribution in [3.8, 4) is 5.75 Å². The number of anilines is 1. The Morgan fingerprint density at radius 2 is 1.57 bits per heavy atom. The van der Waals surface area contributed by atoms with Crippen molar-refractivity contribution >= 4 is 37.5 Å². The summed E-state index contributed by atoms with van der Waals surface area (Å²) < 4.78 is 27.4. The fourth-order valence-electron chi connectivity index (χ4n) is 2.86. The van der Waals surface area contributed by atoms with Crippen molar-refractivity contribution in [2.75, 3.05) is 4.72 Å². The summed E-state index contributed by atoms with van der Waals surface area (Å²) in [5.74, 6) is 0.176. The molecule has 3 aromatic rings. The molecule has 1 aliphatic rings. The summed E-state index contributed by atoms with van der Waals surface area (Å²) in [7, 11) is -3.57. The van der Waals surface area contributed by atoms with Gasteiger partial charge in [0.1, 0.15) is 5.75 Å². The second kappa shape index (κ2) is 4.86. The van der Waals surface area contributed by atoms with E-state index in [0.717, 1.165) is 10.9 Å². The molecule has 0 atom stereocenters. The van der Waals surface area contributed by atoms with Gasteiger partial charge in [0.15, 0.2) is 0 Å². The van der Waals surface area contributed by atoms with Crippen molar-refractivity contribution < 1.29 is 13.5 Å². The minimum Gasteiger partial charge on any atom is -0.507 e. The molecule has 23 heavy (non-hydrogen) atoms. The number of nitrogens with one attached hydrogen (secondary N) is 1. The monoisotopic (exact) mass is 323 g/mol. The highest BCUT2D eigenvalue weighted by atomic mass is 32.2. The van der Waals surface area contributed by atoms with Crippen LogP contribution in [0.3, 0.4) is 0 Å². The van der Waals surface area contributed by atoms with Gasteiger partial charge in [0, 0.05) is 10.9 Å². The van der Waals surface area contributed by atoms with Gasteiger partial charge in [-0.05, 0) is 29.2 Å². The molecular formula is C18H13NO3S. The second-order valence-electron chi connectivity index (χ2n) is 5.38. The first-order chi connectivity index (χ1) is 11.1. The molecule has 2 N–H and O–H groups in total. The Morgan fingerprint density at radius 3 is 2.39 bits per heavy atom. The van der Waals surface area contributed by atoms with Crippen LogP contribution in [0.2, 0.25) is 0 Å². The SMILES string of the molecule is O=S1(=O)Nc2ccccc2C1=Cc1ccc(O)c2ccccc12. The summed E-state index contributed by atoms with van der Waals surface area (Å²) in [6, 6.07) is 17.8. The molecule has 0 radical (unpaired) electrons. The molecule has 0 aliphatic carbocycles. The zero-order valence-electron chi connectivity index (χ0n) is 12.0. The zero-order chi connectivity index (χ0) is 16.0. The third-order valence-electron chi connectivity index (χ3n) is 3.95. The van der Waals surface area contributed by atoms with Gasteiger partial charge in [-0.1, -0.05) is 48.5 Å². The Hall–Kier alpha value is -2.79. The maximum atomic E-state index is 12.4. The second-order valence-corrected chi connectivity index (χ2v) is 7.03. The molecule has 3 aromatic carbocycles. The van der Waals surface area contributed by atoms with E-state index in [0.29, 0.717) is 16.6 Å². The maximum absolute atomic E-state index is 12.4. The fourth-order valence-corrected chi connectivity index (χ4v) is 4.19. The molecule has 0 bridgehead atoms. The molecule has 1 aliphatic heterocycles. The molecule has 4 nitrogen and oxygen atoms in total. The average Bonchev–Trinajstić information content (AvgIpc) is 2.80. The van der Waals surface area contributed by atoms with Crippen LogP contribution in [0.15, 0.2) is 60.7 Å². The van der Waals surface area contributed by atoms with E-state index in [-0.39, 0.29) is 10.7 Å². The van der Waals surface area contributed by atoms with Gasteiger partial charge in [-0.3, -0.25) is 4.72 Å². The summed E-state index contributed by atoms with van der Waals surface area (Å²) >= 11 is 0. The molecule has 0 amide bonds. The minimum absolute atomic E-state index is 0.176. The number of hydrogen-bond donors (Lipinski definition) is 2. The maximum Gasteiger partial charge on any atom is 0.262 e. The van der Waals surface area contributed by atoms with Crippen LogP contribution in [0.1, 0.15) is 11.1 Å². The van der Waals surface area contributed by atoms with Crippen molar-refractivity contribution in [3.63, 3.8) is 0 Å². The lowest BCUT2D eigenvalue weighted by Crippen LogP contribution is -2.05. The average molecular weight is 323 g/mol.